The SMILES string of the molecule is Cc1nc2ccn(Cc3ccco3)c(=O)c2cc1C(=O)NCCc1c[nH]c2ccccc12. The predicted octanol–water partition coefficient (Wildman–Crippen LogP) is 3.80. The first-order valence-electron chi connectivity index (χ1n) is 10.5. The molecule has 5 aromatic rings. The zero-order valence-electron chi connectivity index (χ0n) is 17.6. The third-order valence-corrected chi connectivity index (χ3v) is 5.65. The van der Waals surface area contributed by atoms with Crippen molar-refractivity contribution in [2.75, 3.05) is 6.54 Å². The minimum atomic E-state index is -0.238. The molecule has 0 atom stereocenters. The highest BCUT2D eigenvalue weighted by Crippen LogP contribution is 2.18. The van der Waals surface area contributed by atoms with Crippen molar-refractivity contribution in [3.63, 3.8) is 0 Å². The van der Waals surface area contributed by atoms with Crippen LogP contribution in [0.2, 0.25) is 0 Å². The van der Waals surface area contributed by atoms with Crippen LogP contribution in [-0.4, -0.2) is 27.0 Å². The van der Waals surface area contributed by atoms with Gasteiger partial charge in [-0.25, -0.2) is 0 Å². The second-order valence-corrected chi connectivity index (χ2v) is 7.75. The Bertz CT molecular complexity index is 1480. The predicted molar refractivity (Wildman–Crippen MR) is 123 cm³/mol. The number of aromatic nitrogens is 3. The molecule has 2 N–H and O–H groups in total. The van der Waals surface area contributed by atoms with Crippen LogP contribution in [0.25, 0.3) is 21.8 Å². The van der Waals surface area contributed by atoms with E-state index in [9.17, 15) is 9.59 Å². The standard InChI is InChI=1S/C25H22N4O3/c1-16-20(24(30)26-10-8-17-14-27-22-7-3-2-6-19(17)22)13-21-23(28-16)9-11-29(25(21)31)15-18-5-4-12-32-18/h2-7,9,11-14,27H,8,10,15H2,1H3,(H,26,30). The zero-order valence-corrected chi connectivity index (χ0v) is 17.6. The first-order chi connectivity index (χ1) is 15.6. The summed E-state index contributed by atoms with van der Waals surface area (Å²) >= 11 is 0. The van der Waals surface area contributed by atoms with Crippen molar-refractivity contribution in [2.45, 2.75) is 19.9 Å². The second kappa shape index (κ2) is 8.19. The number of aromatic amines is 1. The highest BCUT2D eigenvalue weighted by molar-refractivity contribution is 5.98. The monoisotopic (exact) mass is 426 g/mol. The summed E-state index contributed by atoms with van der Waals surface area (Å²) < 4.78 is 6.90. The molecule has 0 saturated carbocycles. The van der Waals surface area contributed by atoms with Crippen molar-refractivity contribution < 1.29 is 9.21 Å². The van der Waals surface area contributed by atoms with Crippen LogP contribution in [0.1, 0.15) is 27.4 Å². The van der Waals surface area contributed by atoms with E-state index in [4.69, 9.17) is 4.42 Å². The number of carbonyl (C=O) groups excluding carboxylic acids is 1. The van der Waals surface area contributed by atoms with Gasteiger partial charge in [-0.05, 0) is 49.2 Å². The summed E-state index contributed by atoms with van der Waals surface area (Å²) in [7, 11) is 0. The fraction of sp³-hybridized carbons (Fsp3) is 0.160. The van der Waals surface area contributed by atoms with Crippen molar-refractivity contribution >= 4 is 27.7 Å². The zero-order chi connectivity index (χ0) is 22.1. The lowest BCUT2D eigenvalue weighted by molar-refractivity contribution is 0.0953. The number of furan rings is 1. The van der Waals surface area contributed by atoms with Gasteiger partial charge in [0, 0.05) is 29.8 Å². The minimum absolute atomic E-state index is 0.209. The Balaban J connectivity index is 1.36. The van der Waals surface area contributed by atoms with Gasteiger partial charge in [0.1, 0.15) is 5.76 Å². The van der Waals surface area contributed by atoms with Crippen LogP contribution in [0, 0.1) is 6.92 Å². The number of carbonyl (C=O) groups is 1. The van der Waals surface area contributed by atoms with Gasteiger partial charge in [0.05, 0.1) is 35.0 Å². The van der Waals surface area contributed by atoms with E-state index in [1.165, 1.54) is 0 Å². The number of rotatable bonds is 6. The van der Waals surface area contributed by atoms with Crippen LogP contribution < -0.4 is 10.9 Å². The molecule has 0 bridgehead atoms. The molecule has 4 heterocycles. The smallest absolute Gasteiger partial charge is 0.260 e. The first kappa shape index (κ1) is 19.8. The molecule has 0 saturated heterocycles. The quantitative estimate of drug-likeness (QED) is 0.432. The lowest BCUT2D eigenvalue weighted by atomic mass is 10.1. The van der Waals surface area contributed by atoms with Crippen molar-refractivity contribution in [2.24, 2.45) is 0 Å². The van der Waals surface area contributed by atoms with Gasteiger partial charge < -0.3 is 19.3 Å². The number of nitrogens with zero attached hydrogens (tertiary/aromatic N) is 2. The van der Waals surface area contributed by atoms with Gasteiger partial charge in [-0.15, -0.1) is 0 Å². The van der Waals surface area contributed by atoms with Gasteiger partial charge in [-0.2, -0.15) is 0 Å². The summed E-state index contributed by atoms with van der Waals surface area (Å²) in [5, 5.41) is 4.52. The largest absolute Gasteiger partial charge is 0.467 e. The maximum Gasteiger partial charge on any atom is 0.260 e. The van der Waals surface area contributed by atoms with E-state index >= 15 is 0 Å². The molecular weight excluding hydrogens is 404 g/mol. The topological polar surface area (TPSA) is 92.9 Å². The van der Waals surface area contributed by atoms with Gasteiger partial charge in [0.25, 0.3) is 11.5 Å². The van der Waals surface area contributed by atoms with E-state index < -0.39 is 0 Å². The molecule has 0 aliphatic heterocycles. The van der Waals surface area contributed by atoms with Gasteiger partial charge in [0.2, 0.25) is 0 Å². The highest BCUT2D eigenvalue weighted by atomic mass is 16.3. The number of pyridine rings is 2. The molecule has 0 unspecified atom stereocenters. The lowest BCUT2D eigenvalue weighted by Gasteiger charge is -2.10. The average Bonchev–Trinajstić information content (AvgIpc) is 3.45. The Hall–Kier alpha value is -4.13. The third-order valence-electron chi connectivity index (χ3n) is 5.65. The Labute approximate surface area is 183 Å². The van der Waals surface area contributed by atoms with E-state index in [0.29, 0.717) is 47.4 Å². The van der Waals surface area contributed by atoms with Crippen LogP contribution in [0.4, 0.5) is 0 Å². The van der Waals surface area contributed by atoms with Crippen molar-refractivity contribution in [1.29, 1.82) is 0 Å². The van der Waals surface area contributed by atoms with Crippen LogP contribution in [0.5, 0.6) is 0 Å². The molecule has 0 aliphatic rings. The van der Waals surface area contributed by atoms with Crippen molar-refractivity contribution in [1.82, 2.24) is 19.9 Å². The number of para-hydroxylation sites is 1. The average molecular weight is 426 g/mol. The Morgan fingerprint density at radius 3 is 2.88 bits per heavy atom. The number of fused-ring (bicyclic) bond motifs is 2. The highest BCUT2D eigenvalue weighted by Gasteiger charge is 2.14. The van der Waals surface area contributed by atoms with E-state index in [-0.39, 0.29) is 11.5 Å². The molecule has 0 fully saturated rings. The summed E-state index contributed by atoms with van der Waals surface area (Å²) in [5.74, 6) is 0.444. The Morgan fingerprint density at radius 2 is 2.03 bits per heavy atom. The second-order valence-electron chi connectivity index (χ2n) is 7.75. The van der Waals surface area contributed by atoms with E-state index in [1.54, 1.807) is 42.1 Å². The maximum absolute atomic E-state index is 13.0. The number of nitrogens with one attached hydrogen (secondary N) is 2. The van der Waals surface area contributed by atoms with E-state index in [0.717, 1.165) is 16.5 Å². The van der Waals surface area contributed by atoms with Gasteiger partial charge >= 0.3 is 0 Å². The number of amides is 1. The number of hydrogen-bond acceptors (Lipinski definition) is 4. The molecule has 0 aliphatic carbocycles. The molecule has 4 aromatic heterocycles. The number of hydrogen-bond donors (Lipinski definition) is 2. The molecule has 160 valence electrons. The molecular formula is C25H22N4O3. The first-order valence-corrected chi connectivity index (χ1v) is 10.5. The molecule has 1 amide bonds. The molecule has 7 heteroatoms. The molecule has 0 radical (unpaired) electrons. The van der Waals surface area contributed by atoms with Crippen LogP contribution in [0.15, 0.2) is 76.4 Å². The number of H-pyrrole nitrogens is 1. The molecule has 1 aromatic carbocycles. The number of benzene rings is 1. The minimum Gasteiger partial charge on any atom is -0.467 e. The van der Waals surface area contributed by atoms with Crippen LogP contribution >= 0.6 is 0 Å². The van der Waals surface area contributed by atoms with E-state index in [2.05, 4.69) is 21.4 Å². The van der Waals surface area contributed by atoms with Crippen LogP contribution in [0.3, 0.4) is 0 Å². The van der Waals surface area contributed by atoms with Crippen molar-refractivity contribution in [3.05, 3.63) is 100 Å². The van der Waals surface area contributed by atoms with Crippen molar-refractivity contribution in [3.8, 4) is 0 Å². The van der Waals surface area contributed by atoms with Gasteiger partial charge in [-0.3, -0.25) is 14.6 Å². The normalized spacial score (nSPS) is 11.3. The molecule has 5 rings (SSSR count). The summed E-state index contributed by atoms with van der Waals surface area (Å²) in [6.45, 7) is 2.58. The molecule has 0 spiro atoms. The number of aryl methyl sites for hydroxylation is 1. The Kier molecular flexibility index (Phi) is 5.07. The fourth-order valence-electron chi connectivity index (χ4n) is 3.97. The van der Waals surface area contributed by atoms with E-state index in [1.807, 2.05) is 30.5 Å². The summed E-state index contributed by atoms with van der Waals surface area (Å²) in [4.78, 5) is 33.6. The Morgan fingerprint density at radius 1 is 1.16 bits per heavy atom. The van der Waals surface area contributed by atoms with Crippen LogP contribution in [-0.2, 0) is 13.0 Å². The summed E-state index contributed by atoms with van der Waals surface area (Å²) in [6.07, 6.45) is 5.94. The molecule has 7 nitrogen and oxygen atoms in total. The van der Waals surface area contributed by atoms with Gasteiger partial charge in [-0.1, -0.05) is 18.2 Å². The molecule has 32 heavy (non-hydrogen) atoms. The van der Waals surface area contributed by atoms with Gasteiger partial charge in [0.15, 0.2) is 0 Å². The lowest BCUT2D eigenvalue weighted by Crippen LogP contribution is -2.27. The third kappa shape index (κ3) is 3.69. The fourth-order valence-corrected chi connectivity index (χ4v) is 3.97. The summed E-state index contributed by atoms with van der Waals surface area (Å²) in [5.41, 5.74) is 3.58. The maximum atomic E-state index is 13.0. The summed E-state index contributed by atoms with van der Waals surface area (Å²) in [6, 6.07) is 15.1.